The highest BCUT2D eigenvalue weighted by Gasteiger charge is 2.36. The average molecular weight is 703 g/mol. The maximum atomic E-state index is 2.46. The van der Waals surface area contributed by atoms with Gasteiger partial charge in [0.25, 0.3) is 0 Å². The summed E-state index contributed by atoms with van der Waals surface area (Å²) in [5, 5.41) is 7.47. The third-order valence-electron chi connectivity index (χ3n) is 12.0. The number of aromatic nitrogens is 1. The summed E-state index contributed by atoms with van der Waals surface area (Å²) >= 11 is 0. The number of benzene rings is 9. The van der Waals surface area contributed by atoms with Gasteiger partial charge in [0, 0.05) is 38.6 Å². The number of hydrogen-bond donors (Lipinski definition) is 0. The lowest BCUT2D eigenvalue weighted by molar-refractivity contribution is 0.661. The van der Waals surface area contributed by atoms with Gasteiger partial charge in [-0.25, -0.2) is 0 Å². The highest BCUT2D eigenvalue weighted by atomic mass is 15.1. The molecule has 0 spiro atoms. The third-order valence-corrected chi connectivity index (χ3v) is 12.0. The number of nitrogens with zero attached hydrogens (tertiary/aromatic N) is 2. The third kappa shape index (κ3) is 4.81. The molecule has 0 radical (unpaired) electrons. The van der Waals surface area contributed by atoms with E-state index < -0.39 is 0 Å². The Kier molecular flexibility index (Phi) is 6.93. The van der Waals surface area contributed by atoms with Gasteiger partial charge in [-0.2, -0.15) is 0 Å². The first-order valence-corrected chi connectivity index (χ1v) is 19.2. The second kappa shape index (κ2) is 12.1. The van der Waals surface area contributed by atoms with Crippen LogP contribution in [0.1, 0.15) is 25.0 Å². The van der Waals surface area contributed by atoms with E-state index in [1.807, 2.05) is 0 Å². The van der Waals surface area contributed by atoms with Crippen molar-refractivity contribution in [3.63, 3.8) is 0 Å². The normalized spacial score (nSPS) is 13.1. The van der Waals surface area contributed by atoms with Crippen molar-refractivity contribution in [3.8, 4) is 27.9 Å². The predicted molar refractivity (Wildman–Crippen MR) is 233 cm³/mol. The van der Waals surface area contributed by atoms with Crippen molar-refractivity contribution in [2.75, 3.05) is 4.90 Å². The molecule has 0 bridgehead atoms. The van der Waals surface area contributed by atoms with Crippen LogP contribution in [0.25, 0.3) is 71.3 Å². The molecule has 10 aromatic rings. The largest absolute Gasteiger partial charge is 0.310 e. The van der Waals surface area contributed by atoms with Crippen molar-refractivity contribution in [1.82, 2.24) is 4.57 Å². The number of para-hydroxylation sites is 1. The van der Waals surface area contributed by atoms with E-state index in [9.17, 15) is 0 Å². The highest BCUT2D eigenvalue weighted by molar-refractivity contribution is 6.12. The monoisotopic (exact) mass is 702 g/mol. The smallest absolute Gasteiger partial charge is 0.0561 e. The molecular formula is C53H38N2. The van der Waals surface area contributed by atoms with E-state index in [1.165, 1.54) is 76.7 Å². The zero-order valence-corrected chi connectivity index (χ0v) is 30.9. The van der Waals surface area contributed by atoms with Crippen LogP contribution in [0.4, 0.5) is 17.1 Å². The van der Waals surface area contributed by atoms with Crippen LogP contribution in [-0.4, -0.2) is 4.57 Å². The lowest BCUT2D eigenvalue weighted by atomic mass is 9.82. The fourth-order valence-corrected chi connectivity index (χ4v) is 9.29. The van der Waals surface area contributed by atoms with Gasteiger partial charge in [0.05, 0.1) is 16.7 Å². The number of anilines is 3. The Morgan fingerprint density at radius 3 is 1.96 bits per heavy atom. The zero-order chi connectivity index (χ0) is 36.7. The van der Waals surface area contributed by atoms with Gasteiger partial charge in [-0.1, -0.05) is 159 Å². The molecule has 0 atom stereocenters. The van der Waals surface area contributed by atoms with Crippen LogP contribution in [-0.2, 0) is 5.41 Å². The Hall–Kier alpha value is -6.90. The van der Waals surface area contributed by atoms with E-state index in [4.69, 9.17) is 0 Å². The molecule has 0 N–H and O–H groups in total. The molecule has 9 aromatic carbocycles. The van der Waals surface area contributed by atoms with Crippen molar-refractivity contribution in [3.05, 3.63) is 205 Å². The van der Waals surface area contributed by atoms with Crippen molar-refractivity contribution in [2.45, 2.75) is 19.3 Å². The summed E-state index contributed by atoms with van der Waals surface area (Å²) in [6.07, 6.45) is 0. The first-order valence-electron chi connectivity index (χ1n) is 19.2. The van der Waals surface area contributed by atoms with Crippen molar-refractivity contribution in [2.24, 2.45) is 0 Å². The number of fused-ring (bicyclic) bond motifs is 9. The molecule has 0 fully saturated rings. The van der Waals surface area contributed by atoms with E-state index in [2.05, 4.69) is 217 Å². The second-order valence-corrected chi connectivity index (χ2v) is 15.4. The Bertz CT molecular complexity index is 3110. The van der Waals surface area contributed by atoms with Gasteiger partial charge in [0.1, 0.15) is 0 Å². The molecule has 11 rings (SSSR count). The van der Waals surface area contributed by atoms with Crippen LogP contribution in [0.15, 0.2) is 194 Å². The lowest BCUT2D eigenvalue weighted by Crippen LogP contribution is -2.15. The van der Waals surface area contributed by atoms with Crippen LogP contribution in [0.5, 0.6) is 0 Å². The van der Waals surface area contributed by atoms with Gasteiger partial charge in [-0.3, -0.25) is 0 Å². The van der Waals surface area contributed by atoms with Crippen molar-refractivity contribution >= 4 is 60.4 Å². The minimum absolute atomic E-state index is 0.0652. The Labute approximate surface area is 321 Å². The molecule has 2 heteroatoms. The molecule has 1 aliphatic rings. The van der Waals surface area contributed by atoms with Crippen LogP contribution in [0.3, 0.4) is 0 Å². The highest BCUT2D eigenvalue weighted by Crippen LogP contribution is 2.53. The molecule has 1 aromatic heterocycles. The van der Waals surface area contributed by atoms with E-state index in [1.54, 1.807) is 0 Å². The van der Waals surface area contributed by atoms with Crippen LogP contribution >= 0.6 is 0 Å². The summed E-state index contributed by atoms with van der Waals surface area (Å²) < 4.78 is 2.44. The Balaban J connectivity index is 1.17. The molecule has 2 nitrogen and oxygen atoms in total. The number of hydrogen-bond acceptors (Lipinski definition) is 1. The molecule has 55 heavy (non-hydrogen) atoms. The fourth-order valence-electron chi connectivity index (χ4n) is 9.29. The van der Waals surface area contributed by atoms with Crippen LogP contribution in [0, 0.1) is 0 Å². The molecule has 0 saturated carbocycles. The molecule has 260 valence electrons. The molecule has 0 unspecified atom stereocenters. The van der Waals surface area contributed by atoms with Crippen molar-refractivity contribution < 1.29 is 0 Å². The predicted octanol–water partition coefficient (Wildman–Crippen LogP) is 14.5. The van der Waals surface area contributed by atoms with Gasteiger partial charge in [-0.05, 0) is 98.1 Å². The zero-order valence-electron chi connectivity index (χ0n) is 30.9. The lowest BCUT2D eigenvalue weighted by Gasteiger charge is -2.28. The van der Waals surface area contributed by atoms with Crippen LogP contribution in [0.2, 0.25) is 0 Å². The minimum Gasteiger partial charge on any atom is -0.310 e. The molecule has 0 saturated heterocycles. The van der Waals surface area contributed by atoms with Gasteiger partial charge in [-0.15, -0.1) is 0 Å². The summed E-state index contributed by atoms with van der Waals surface area (Å²) in [7, 11) is 0. The summed E-state index contributed by atoms with van der Waals surface area (Å²) in [6, 6.07) is 71.4. The maximum Gasteiger partial charge on any atom is 0.0561 e. The first kappa shape index (κ1) is 31.6. The molecule has 1 heterocycles. The molecule has 0 aliphatic heterocycles. The quantitative estimate of drug-likeness (QED) is 0.173. The fraction of sp³-hybridized carbons (Fsp3) is 0.0566. The van der Waals surface area contributed by atoms with Gasteiger partial charge < -0.3 is 9.47 Å². The molecule has 0 amide bonds. The minimum atomic E-state index is -0.0652. The maximum absolute atomic E-state index is 2.46. The summed E-state index contributed by atoms with van der Waals surface area (Å²) in [4.78, 5) is 2.46. The van der Waals surface area contributed by atoms with Crippen molar-refractivity contribution in [1.29, 1.82) is 0 Å². The van der Waals surface area contributed by atoms with E-state index in [0.717, 1.165) is 22.7 Å². The first-order chi connectivity index (χ1) is 27.0. The topological polar surface area (TPSA) is 8.17 Å². The molecule has 1 aliphatic carbocycles. The Morgan fingerprint density at radius 1 is 0.418 bits per heavy atom. The SMILES string of the molecule is CC1(C)c2ccccc2-c2c1ccc1c(N(c3ccc(-c4ccccc4)cc3)c3ccc4c5ccccc5n(-c5ccc6ccccc6c5)c4c3)cccc21. The average Bonchev–Trinajstić information content (AvgIpc) is 3.69. The molecular weight excluding hydrogens is 665 g/mol. The summed E-state index contributed by atoms with van der Waals surface area (Å²) in [5.41, 5.74) is 14.7. The van der Waals surface area contributed by atoms with Gasteiger partial charge in [0.2, 0.25) is 0 Å². The van der Waals surface area contributed by atoms with Gasteiger partial charge >= 0.3 is 0 Å². The summed E-state index contributed by atoms with van der Waals surface area (Å²) in [5.74, 6) is 0. The van der Waals surface area contributed by atoms with E-state index in [0.29, 0.717) is 0 Å². The van der Waals surface area contributed by atoms with E-state index in [-0.39, 0.29) is 5.41 Å². The second-order valence-electron chi connectivity index (χ2n) is 15.4. The summed E-state index contributed by atoms with van der Waals surface area (Å²) in [6.45, 7) is 4.72. The van der Waals surface area contributed by atoms with Gasteiger partial charge in [0.15, 0.2) is 0 Å². The van der Waals surface area contributed by atoms with Crippen LogP contribution < -0.4 is 4.90 Å². The number of rotatable bonds is 5. The van der Waals surface area contributed by atoms with E-state index >= 15 is 0 Å². The standard InChI is InChI=1S/C53H38N2/c1-53(2)47-20-10-8-18-46(47)52-45-19-12-22-49(44(45)31-32-48(52)53)54(39-26-23-37(24-27-39)35-13-4-3-5-14-35)41-29-30-43-42-17-9-11-21-50(42)55(51(43)34-41)40-28-25-36-15-6-7-16-38(36)33-40/h3-34H,1-2H3. The Morgan fingerprint density at radius 2 is 1.09 bits per heavy atom.